The Bertz CT molecular complexity index is 310. The van der Waals surface area contributed by atoms with Gasteiger partial charge in [0.15, 0.2) is 5.67 Å². The van der Waals surface area contributed by atoms with Crippen molar-refractivity contribution in [2.75, 3.05) is 0 Å². The van der Waals surface area contributed by atoms with Gasteiger partial charge >= 0.3 is 0 Å². The molecule has 0 amide bonds. The zero-order valence-electron chi connectivity index (χ0n) is 8.76. The van der Waals surface area contributed by atoms with Crippen molar-refractivity contribution in [1.29, 1.82) is 0 Å². The van der Waals surface area contributed by atoms with Crippen molar-refractivity contribution in [1.82, 2.24) is 0 Å². The summed E-state index contributed by atoms with van der Waals surface area (Å²) in [7, 11) is 0. The molecule has 0 nitrogen and oxygen atoms in total. The van der Waals surface area contributed by atoms with E-state index in [1.807, 2.05) is 6.07 Å². The molecule has 0 aromatic heterocycles. The van der Waals surface area contributed by atoms with E-state index in [4.69, 9.17) is 0 Å². The van der Waals surface area contributed by atoms with Crippen molar-refractivity contribution in [2.24, 2.45) is 0 Å². The summed E-state index contributed by atoms with van der Waals surface area (Å²) in [6, 6.07) is 8.76. The zero-order valence-corrected chi connectivity index (χ0v) is 8.76. The van der Waals surface area contributed by atoms with Gasteiger partial charge in [-0.3, -0.25) is 0 Å². The quantitative estimate of drug-likeness (QED) is 0.611. The second-order valence-corrected chi connectivity index (χ2v) is 4.30. The second-order valence-electron chi connectivity index (χ2n) is 4.30. The van der Waals surface area contributed by atoms with Crippen molar-refractivity contribution < 1.29 is 8.78 Å². The van der Waals surface area contributed by atoms with E-state index < -0.39 is 11.8 Å². The van der Waals surface area contributed by atoms with Gasteiger partial charge in [-0.25, -0.2) is 8.78 Å². The molecule has 1 fully saturated rings. The topological polar surface area (TPSA) is 0 Å². The molecule has 1 aromatic rings. The molecule has 15 heavy (non-hydrogen) atoms. The monoisotopic (exact) mass is 210 g/mol. The van der Waals surface area contributed by atoms with Crippen LogP contribution in [-0.2, 0) is 5.67 Å². The van der Waals surface area contributed by atoms with Gasteiger partial charge in [-0.15, -0.1) is 0 Å². The summed E-state index contributed by atoms with van der Waals surface area (Å²) in [4.78, 5) is 0. The Hall–Kier alpha value is -0.920. The van der Waals surface area contributed by atoms with Crippen molar-refractivity contribution in [3.63, 3.8) is 0 Å². The maximum atomic E-state index is 14.6. The molecule has 0 heterocycles. The standard InChI is InChI=1S/C13H16F2/c14-12-9-5-2-6-10-13(12,15)11-7-3-1-4-8-11/h1,3-4,7-8,12H,2,5-6,9-10H2/t12-,13-/m0/s1. The van der Waals surface area contributed by atoms with Crippen LogP contribution in [0.4, 0.5) is 8.78 Å². The number of halogens is 2. The lowest BCUT2D eigenvalue weighted by Crippen LogP contribution is -2.31. The van der Waals surface area contributed by atoms with Crippen LogP contribution < -0.4 is 0 Å². The van der Waals surface area contributed by atoms with Gasteiger partial charge in [0.1, 0.15) is 6.17 Å². The number of rotatable bonds is 1. The van der Waals surface area contributed by atoms with Crippen molar-refractivity contribution >= 4 is 0 Å². The summed E-state index contributed by atoms with van der Waals surface area (Å²) in [6.07, 6.45) is 1.86. The number of alkyl halides is 2. The number of hydrogen-bond donors (Lipinski definition) is 0. The molecule has 0 radical (unpaired) electrons. The highest BCUT2D eigenvalue weighted by Crippen LogP contribution is 2.41. The van der Waals surface area contributed by atoms with Gasteiger partial charge in [0, 0.05) is 0 Å². The summed E-state index contributed by atoms with van der Waals surface area (Å²) >= 11 is 0. The molecule has 1 aromatic carbocycles. The van der Waals surface area contributed by atoms with E-state index in [9.17, 15) is 8.78 Å². The minimum Gasteiger partial charge on any atom is -0.244 e. The average molecular weight is 210 g/mol. The molecule has 2 rings (SSSR count). The van der Waals surface area contributed by atoms with Crippen LogP contribution in [0.3, 0.4) is 0 Å². The van der Waals surface area contributed by atoms with Crippen LogP contribution in [-0.4, -0.2) is 6.17 Å². The lowest BCUT2D eigenvalue weighted by molar-refractivity contribution is 0.0395. The molecule has 0 N–H and O–H groups in total. The predicted molar refractivity (Wildman–Crippen MR) is 57.2 cm³/mol. The van der Waals surface area contributed by atoms with Crippen molar-refractivity contribution in [3.05, 3.63) is 35.9 Å². The lowest BCUT2D eigenvalue weighted by atomic mass is 9.87. The number of hydrogen-bond acceptors (Lipinski definition) is 0. The second kappa shape index (κ2) is 4.30. The first kappa shape index (κ1) is 10.6. The molecule has 0 saturated heterocycles. The van der Waals surface area contributed by atoms with Gasteiger partial charge in [-0.2, -0.15) is 0 Å². The van der Waals surface area contributed by atoms with E-state index in [1.165, 1.54) is 0 Å². The Morgan fingerprint density at radius 3 is 2.53 bits per heavy atom. The van der Waals surface area contributed by atoms with E-state index in [0.29, 0.717) is 18.4 Å². The van der Waals surface area contributed by atoms with E-state index in [1.54, 1.807) is 24.3 Å². The maximum Gasteiger partial charge on any atom is 0.166 e. The molecule has 1 aliphatic rings. The third kappa shape index (κ3) is 2.04. The third-order valence-corrected chi connectivity index (χ3v) is 3.25. The summed E-state index contributed by atoms with van der Waals surface area (Å²) in [5, 5.41) is 0. The minimum absolute atomic E-state index is 0.318. The molecular weight excluding hydrogens is 194 g/mol. The molecular formula is C13H16F2. The Morgan fingerprint density at radius 1 is 1.07 bits per heavy atom. The average Bonchev–Trinajstić information content (AvgIpc) is 2.44. The first-order chi connectivity index (χ1) is 7.23. The first-order valence-corrected chi connectivity index (χ1v) is 5.62. The minimum atomic E-state index is -1.75. The maximum absolute atomic E-state index is 14.6. The third-order valence-electron chi connectivity index (χ3n) is 3.25. The van der Waals surface area contributed by atoms with Gasteiger partial charge in [0.2, 0.25) is 0 Å². The Labute approximate surface area is 89.3 Å². The molecule has 0 unspecified atom stereocenters. The fourth-order valence-electron chi connectivity index (χ4n) is 2.31. The van der Waals surface area contributed by atoms with Crippen LogP contribution >= 0.6 is 0 Å². The summed E-state index contributed by atoms with van der Waals surface area (Å²) < 4.78 is 28.4. The smallest absolute Gasteiger partial charge is 0.166 e. The Kier molecular flexibility index (Phi) is 3.03. The summed E-state index contributed by atoms with van der Waals surface area (Å²) in [6.45, 7) is 0. The SMILES string of the molecule is F[C@H]1CCCCC[C@]1(F)c1ccccc1. The van der Waals surface area contributed by atoms with Crippen molar-refractivity contribution in [2.45, 2.75) is 43.9 Å². The zero-order chi connectivity index (χ0) is 10.7. The van der Waals surface area contributed by atoms with E-state index in [2.05, 4.69) is 0 Å². The van der Waals surface area contributed by atoms with Gasteiger partial charge in [-0.1, -0.05) is 43.2 Å². The molecule has 2 heteroatoms. The highest BCUT2D eigenvalue weighted by atomic mass is 19.2. The fraction of sp³-hybridized carbons (Fsp3) is 0.538. The highest BCUT2D eigenvalue weighted by molar-refractivity contribution is 5.24. The molecule has 0 spiro atoms. The molecule has 0 aliphatic heterocycles. The summed E-state index contributed by atoms with van der Waals surface area (Å²) in [5.41, 5.74) is -1.25. The fourth-order valence-corrected chi connectivity index (χ4v) is 2.31. The van der Waals surface area contributed by atoms with E-state index in [0.717, 1.165) is 19.3 Å². The molecule has 1 saturated carbocycles. The number of benzene rings is 1. The van der Waals surface area contributed by atoms with Crippen LogP contribution in [0.1, 0.15) is 37.7 Å². The Balaban J connectivity index is 2.30. The highest BCUT2D eigenvalue weighted by Gasteiger charge is 2.41. The molecule has 0 bridgehead atoms. The van der Waals surface area contributed by atoms with E-state index >= 15 is 0 Å². The lowest BCUT2D eigenvalue weighted by Gasteiger charge is -2.27. The van der Waals surface area contributed by atoms with Crippen molar-refractivity contribution in [3.8, 4) is 0 Å². The normalized spacial score (nSPS) is 32.3. The van der Waals surface area contributed by atoms with Crippen LogP contribution in [0.25, 0.3) is 0 Å². The van der Waals surface area contributed by atoms with Crippen LogP contribution in [0.2, 0.25) is 0 Å². The molecule has 1 aliphatic carbocycles. The van der Waals surface area contributed by atoms with Crippen LogP contribution in [0.5, 0.6) is 0 Å². The Morgan fingerprint density at radius 2 is 1.80 bits per heavy atom. The van der Waals surface area contributed by atoms with E-state index in [-0.39, 0.29) is 0 Å². The largest absolute Gasteiger partial charge is 0.244 e. The molecule has 82 valence electrons. The summed E-state index contributed by atoms with van der Waals surface area (Å²) in [5.74, 6) is 0. The molecule has 2 atom stereocenters. The first-order valence-electron chi connectivity index (χ1n) is 5.62. The predicted octanol–water partition coefficient (Wildman–Crippen LogP) is 4.15. The van der Waals surface area contributed by atoms with Gasteiger partial charge in [-0.05, 0) is 24.8 Å². The van der Waals surface area contributed by atoms with Gasteiger partial charge < -0.3 is 0 Å². The van der Waals surface area contributed by atoms with Crippen LogP contribution in [0.15, 0.2) is 30.3 Å². The van der Waals surface area contributed by atoms with Gasteiger partial charge in [0.05, 0.1) is 0 Å². The van der Waals surface area contributed by atoms with Gasteiger partial charge in [0.25, 0.3) is 0 Å². The van der Waals surface area contributed by atoms with Crippen LogP contribution in [0, 0.1) is 0 Å².